The molecule has 0 aliphatic rings. The van der Waals surface area contributed by atoms with Crippen LogP contribution in [0.1, 0.15) is 24.3 Å². The van der Waals surface area contributed by atoms with E-state index in [1.165, 1.54) is 6.07 Å². The normalized spacial score (nSPS) is 10.6. The van der Waals surface area contributed by atoms with Crippen molar-refractivity contribution in [1.29, 1.82) is 0 Å². The smallest absolute Gasteiger partial charge is 0.270 e. The van der Waals surface area contributed by atoms with E-state index in [1.807, 2.05) is 32.0 Å². The largest absolute Gasteiger partial charge is 0.398 e. The van der Waals surface area contributed by atoms with Crippen LogP contribution in [0.5, 0.6) is 0 Å². The van der Waals surface area contributed by atoms with Crippen LogP contribution in [0.15, 0.2) is 30.3 Å². The van der Waals surface area contributed by atoms with Crippen LogP contribution in [0.4, 0.5) is 5.69 Å². The summed E-state index contributed by atoms with van der Waals surface area (Å²) in [5.74, 6) is -0.668. The SMILES string of the molecule is CC(C)NC(=O)CNC(=O)c1cc(N)c2ccccc2n1. The van der Waals surface area contributed by atoms with Crippen molar-refractivity contribution in [3.63, 3.8) is 0 Å². The molecule has 0 bridgehead atoms. The van der Waals surface area contributed by atoms with Gasteiger partial charge in [-0.3, -0.25) is 9.59 Å². The summed E-state index contributed by atoms with van der Waals surface area (Å²) in [6, 6.07) is 8.86. The number of amides is 2. The molecule has 21 heavy (non-hydrogen) atoms. The van der Waals surface area contributed by atoms with E-state index in [9.17, 15) is 9.59 Å². The van der Waals surface area contributed by atoms with Gasteiger partial charge in [-0.15, -0.1) is 0 Å². The predicted molar refractivity (Wildman–Crippen MR) is 81.8 cm³/mol. The molecular weight excluding hydrogens is 268 g/mol. The number of nitrogens with zero attached hydrogens (tertiary/aromatic N) is 1. The molecule has 6 nitrogen and oxygen atoms in total. The van der Waals surface area contributed by atoms with Gasteiger partial charge in [-0.25, -0.2) is 4.98 Å². The number of hydrogen-bond acceptors (Lipinski definition) is 4. The van der Waals surface area contributed by atoms with Crippen molar-refractivity contribution in [3.05, 3.63) is 36.0 Å². The highest BCUT2D eigenvalue weighted by atomic mass is 16.2. The van der Waals surface area contributed by atoms with Gasteiger partial charge in [0.2, 0.25) is 5.91 Å². The summed E-state index contributed by atoms with van der Waals surface area (Å²) >= 11 is 0. The van der Waals surface area contributed by atoms with Crippen molar-refractivity contribution in [2.75, 3.05) is 12.3 Å². The Hall–Kier alpha value is -2.63. The van der Waals surface area contributed by atoms with Crippen LogP contribution in [-0.4, -0.2) is 29.4 Å². The number of nitrogens with one attached hydrogen (secondary N) is 2. The van der Waals surface area contributed by atoms with E-state index in [0.29, 0.717) is 11.2 Å². The van der Waals surface area contributed by atoms with Gasteiger partial charge in [-0.05, 0) is 26.0 Å². The second kappa shape index (κ2) is 6.21. The summed E-state index contributed by atoms with van der Waals surface area (Å²) in [6.45, 7) is 3.61. The maximum atomic E-state index is 12.0. The van der Waals surface area contributed by atoms with Gasteiger partial charge in [-0.2, -0.15) is 0 Å². The molecule has 4 N–H and O–H groups in total. The van der Waals surface area contributed by atoms with Gasteiger partial charge >= 0.3 is 0 Å². The first kappa shape index (κ1) is 14.8. The number of benzene rings is 1. The molecule has 6 heteroatoms. The monoisotopic (exact) mass is 286 g/mol. The zero-order valence-corrected chi connectivity index (χ0v) is 12.0. The zero-order chi connectivity index (χ0) is 15.4. The summed E-state index contributed by atoms with van der Waals surface area (Å²) in [5.41, 5.74) is 7.25. The molecular formula is C15H18N4O2. The molecule has 0 unspecified atom stereocenters. The Kier molecular flexibility index (Phi) is 4.37. The van der Waals surface area contributed by atoms with Crippen molar-refractivity contribution in [2.45, 2.75) is 19.9 Å². The average Bonchev–Trinajstić information content (AvgIpc) is 2.44. The Morgan fingerprint density at radius 2 is 2.00 bits per heavy atom. The van der Waals surface area contributed by atoms with Gasteiger partial charge in [0.1, 0.15) is 5.69 Å². The van der Waals surface area contributed by atoms with Gasteiger partial charge in [0.25, 0.3) is 5.91 Å². The molecule has 0 saturated heterocycles. The number of pyridine rings is 1. The third kappa shape index (κ3) is 3.68. The van der Waals surface area contributed by atoms with Crippen molar-refractivity contribution in [1.82, 2.24) is 15.6 Å². The van der Waals surface area contributed by atoms with Crippen LogP contribution in [-0.2, 0) is 4.79 Å². The molecule has 2 aromatic rings. The first-order valence-corrected chi connectivity index (χ1v) is 6.70. The molecule has 0 radical (unpaired) electrons. The number of carbonyl (C=O) groups excluding carboxylic acids is 2. The number of hydrogen-bond donors (Lipinski definition) is 3. The quantitative estimate of drug-likeness (QED) is 0.783. The third-order valence-electron chi connectivity index (χ3n) is 2.84. The highest BCUT2D eigenvalue weighted by Gasteiger charge is 2.12. The first-order valence-electron chi connectivity index (χ1n) is 6.70. The third-order valence-corrected chi connectivity index (χ3v) is 2.84. The predicted octanol–water partition coefficient (Wildman–Crippen LogP) is 1.07. The number of fused-ring (bicyclic) bond motifs is 1. The molecule has 2 rings (SSSR count). The topological polar surface area (TPSA) is 97.1 Å². The van der Waals surface area contributed by atoms with E-state index in [1.54, 1.807) is 6.07 Å². The fourth-order valence-corrected chi connectivity index (χ4v) is 1.94. The van der Waals surface area contributed by atoms with Crippen LogP contribution in [0.2, 0.25) is 0 Å². The van der Waals surface area contributed by atoms with E-state index < -0.39 is 5.91 Å². The number of carbonyl (C=O) groups is 2. The minimum atomic E-state index is -0.425. The maximum absolute atomic E-state index is 12.0. The summed E-state index contributed by atoms with van der Waals surface area (Å²) in [7, 11) is 0. The van der Waals surface area contributed by atoms with E-state index in [4.69, 9.17) is 5.73 Å². The minimum Gasteiger partial charge on any atom is -0.398 e. The fraction of sp³-hybridized carbons (Fsp3) is 0.267. The van der Waals surface area contributed by atoms with Gasteiger partial charge in [0.15, 0.2) is 0 Å². The summed E-state index contributed by atoms with van der Waals surface area (Å²) in [4.78, 5) is 27.8. The van der Waals surface area contributed by atoms with Crippen molar-refractivity contribution >= 4 is 28.4 Å². The standard InChI is InChI=1S/C15H18N4O2/c1-9(2)18-14(20)8-17-15(21)13-7-11(16)10-5-3-4-6-12(10)19-13/h3-7,9H,8H2,1-2H3,(H2,16,19)(H,17,21)(H,18,20). The van der Waals surface area contributed by atoms with Crippen molar-refractivity contribution < 1.29 is 9.59 Å². The second-order valence-electron chi connectivity index (χ2n) is 5.02. The number of aromatic nitrogens is 1. The first-order chi connectivity index (χ1) is 9.97. The molecule has 0 fully saturated rings. The number of rotatable bonds is 4. The van der Waals surface area contributed by atoms with Gasteiger partial charge in [0.05, 0.1) is 12.1 Å². The van der Waals surface area contributed by atoms with E-state index in [0.717, 1.165) is 5.39 Å². The number of nitrogen functional groups attached to an aromatic ring is 1. The zero-order valence-electron chi connectivity index (χ0n) is 12.0. The van der Waals surface area contributed by atoms with Crippen LogP contribution in [0.25, 0.3) is 10.9 Å². The second-order valence-corrected chi connectivity index (χ2v) is 5.02. The Balaban J connectivity index is 2.11. The Bertz CT molecular complexity index is 682. The van der Waals surface area contributed by atoms with Crippen LogP contribution < -0.4 is 16.4 Å². The Labute approximate surface area is 122 Å². The van der Waals surface area contributed by atoms with E-state index >= 15 is 0 Å². The lowest BCUT2D eigenvalue weighted by Crippen LogP contribution is -2.40. The lowest BCUT2D eigenvalue weighted by atomic mass is 10.1. The molecule has 0 spiro atoms. The molecule has 2 amide bonds. The Morgan fingerprint density at radius 3 is 2.71 bits per heavy atom. The van der Waals surface area contributed by atoms with Gasteiger partial charge in [0, 0.05) is 17.1 Å². The fourth-order valence-electron chi connectivity index (χ4n) is 1.94. The highest BCUT2D eigenvalue weighted by Crippen LogP contribution is 2.19. The lowest BCUT2D eigenvalue weighted by molar-refractivity contribution is -0.120. The van der Waals surface area contributed by atoms with E-state index in [2.05, 4.69) is 15.6 Å². The maximum Gasteiger partial charge on any atom is 0.270 e. The van der Waals surface area contributed by atoms with Crippen LogP contribution >= 0.6 is 0 Å². The molecule has 0 aliphatic heterocycles. The molecule has 0 aliphatic carbocycles. The van der Waals surface area contributed by atoms with Crippen molar-refractivity contribution in [3.8, 4) is 0 Å². The number of anilines is 1. The molecule has 1 aromatic heterocycles. The molecule has 1 heterocycles. The lowest BCUT2D eigenvalue weighted by Gasteiger charge is -2.10. The Morgan fingerprint density at radius 1 is 1.29 bits per heavy atom. The summed E-state index contributed by atoms with van der Waals surface area (Å²) in [5, 5.41) is 6.02. The molecule has 0 atom stereocenters. The van der Waals surface area contributed by atoms with Gasteiger partial charge in [-0.1, -0.05) is 18.2 Å². The molecule has 0 saturated carbocycles. The van der Waals surface area contributed by atoms with Gasteiger partial charge < -0.3 is 16.4 Å². The average molecular weight is 286 g/mol. The number of para-hydroxylation sites is 1. The van der Waals surface area contributed by atoms with Crippen LogP contribution in [0.3, 0.4) is 0 Å². The van der Waals surface area contributed by atoms with E-state index in [-0.39, 0.29) is 24.2 Å². The number of nitrogens with two attached hydrogens (primary N) is 1. The molecule has 1 aromatic carbocycles. The summed E-state index contributed by atoms with van der Waals surface area (Å²) < 4.78 is 0. The summed E-state index contributed by atoms with van der Waals surface area (Å²) in [6.07, 6.45) is 0. The molecule has 110 valence electrons. The minimum absolute atomic E-state index is 0.0313. The van der Waals surface area contributed by atoms with Crippen molar-refractivity contribution in [2.24, 2.45) is 0 Å². The highest BCUT2D eigenvalue weighted by molar-refractivity contribution is 6.00. The van der Waals surface area contributed by atoms with Crippen LogP contribution in [0, 0.1) is 0 Å².